The third-order valence-electron chi connectivity index (χ3n) is 3.01. The quantitative estimate of drug-likeness (QED) is 0.886. The molecule has 0 saturated carbocycles. The molecule has 0 radical (unpaired) electrons. The summed E-state index contributed by atoms with van der Waals surface area (Å²) < 4.78 is 49.2. The summed E-state index contributed by atoms with van der Waals surface area (Å²) in [5.41, 5.74) is 0.365. The normalized spacial score (nSPS) is 21.9. The van der Waals surface area contributed by atoms with Gasteiger partial charge < -0.3 is 14.6 Å². The zero-order valence-electron chi connectivity index (χ0n) is 10.2. The Kier molecular flexibility index (Phi) is 3.86. The number of carboxylic acids is 1. The van der Waals surface area contributed by atoms with Crippen LogP contribution in [0.3, 0.4) is 0 Å². The van der Waals surface area contributed by atoms with Crippen molar-refractivity contribution in [2.24, 2.45) is 5.92 Å². The van der Waals surface area contributed by atoms with Crippen molar-refractivity contribution in [1.29, 1.82) is 0 Å². The van der Waals surface area contributed by atoms with Gasteiger partial charge >= 0.3 is 12.1 Å². The second-order valence-corrected chi connectivity index (χ2v) is 5.24. The van der Waals surface area contributed by atoms with Gasteiger partial charge in [-0.05, 0) is 18.6 Å². The van der Waals surface area contributed by atoms with Crippen LogP contribution in [-0.4, -0.2) is 30.5 Å². The van der Waals surface area contributed by atoms with Crippen LogP contribution in [-0.2, 0) is 11.2 Å². The highest BCUT2D eigenvalue weighted by Gasteiger charge is 2.52. The number of carbonyl (C=O) groups is 1. The number of ether oxygens (including phenoxy) is 2. The van der Waals surface area contributed by atoms with Crippen LogP contribution in [0, 0.1) is 5.92 Å². The van der Waals surface area contributed by atoms with Crippen molar-refractivity contribution in [3.63, 3.8) is 0 Å². The molecule has 110 valence electrons. The minimum absolute atomic E-state index is 0.0597. The predicted molar refractivity (Wildman–Crippen MR) is 66.0 cm³/mol. The Bertz CT molecular complexity index is 544. The Morgan fingerprint density at radius 3 is 2.65 bits per heavy atom. The van der Waals surface area contributed by atoms with Crippen molar-refractivity contribution in [2.75, 3.05) is 7.11 Å². The van der Waals surface area contributed by atoms with Crippen LogP contribution in [0.15, 0.2) is 16.6 Å². The summed E-state index contributed by atoms with van der Waals surface area (Å²) in [6.45, 7) is 0. The zero-order valence-corrected chi connectivity index (χ0v) is 11.8. The lowest BCUT2D eigenvalue weighted by atomic mass is 9.90. The molecular formula is C12H10BrF3O4. The molecule has 8 heteroatoms. The number of alkyl halides is 3. The van der Waals surface area contributed by atoms with Crippen molar-refractivity contribution in [3.8, 4) is 11.5 Å². The van der Waals surface area contributed by atoms with Crippen LogP contribution < -0.4 is 9.47 Å². The number of hydrogen-bond donors (Lipinski definition) is 1. The smallest absolute Gasteiger partial charge is 0.426 e. The first-order chi connectivity index (χ1) is 9.24. The highest BCUT2D eigenvalue weighted by Crippen LogP contribution is 2.44. The second-order valence-electron chi connectivity index (χ2n) is 4.33. The van der Waals surface area contributed by atoms with Crippen LogP contribution in [0.1, 0.15) is 5.56 Å². The third-order valence-corrected chi connectivity index (χ3v) is 3.46. The first-order valence-electron chi connectivity index (χ1n) is 5.56. The standard InChI is InChI=1S/C12H10BrF3O4/c1-19-8-4-6(13)2-5-3-7(11(17)18)10(12(14,15)16)20-9(5)8/h2,4,7,10H,3H2,1H3,(H,17,18). The largest absolute Gasteiger partial charge is 0.493 e. The Morgan fingerprint density at radius 1 is 1.50 bits per heavy atom. The molecule has 0 spiro atoms. The van der Waals surface area contributed by atoms with Crippen molar-refractivity contribution < 1.29 is 32.5 Å². The highest BCUT2D eigenvalue weighted by atomic mass is 79.9. The van der Waals surface area contributed by atoms with E-state index in [-0.39, 0.29) is 17.9 Å². The van der Waals surface area contributed by atoms with E-state index in [1.807, 2.05) is 0 Å². The molecule has 2 atom stereocenters. The number of fused-ring (bicyclic) bond motifs is 1. The molecule has 4 nitrogen and oxygen atoms in total. The lowest BCUT2D eigenvalue weighted by Crippen LogP contribution is -2.47. The average molecular weight is 355 g/mol. The van der Waals surface area contributed by atoms with Gasteiger partial charge in [-0.2, -0.15) is 13.2 Å². The van der Waals surface area contributed by atoms with Crippen molar-refractivity contribution in [1.82, 2.24) is 0 Å². The fraction of sp³-hybridized carbons (Fsp3) is 0.417. The molecule has 2 rings (SSSR count). The molecule has 0 fully saturated rings. The van der Waals surface area contributed by atoms with E-state index in [0.717, 1.165) is 0 Å². The van der Waals surface area contributed by atoms with E-state index < -0.39 is 24.2 Å². The number of halogens is 4. The predicted octanol–water partition coefficient (Wildman–Crippen LogP) is 3.02. The molecule has 1 N–H and O–H groups in total. The number of carboxylic acid groups (broad SMARTS) is 1. The van der Waals surface area contributed by atoms with E-state index in [2.05, 4.69) is 15.9 Å². The van der Waals surface area contributed by atoms with Gasteiger partial charge in [-0.3, -0.25) is 4.79 Å². The Balaban J connectivity index is 2.50. The Hall–Kier alpha value is -1.44. The van der Waals surface area contributed by atoms with Gasteiger partial charge in [0.1, 0.15) is 5.92 Å². The Labute approximate surface area is 120 Å². The zero-order chi connectivity index (χ0) is 15.1. The van der Waals surface area contributed by atoms with E-state index in [1.54, 1.807) is 0 Å². The molecule has 0 aromatic heterocycles. The minimum atomic E-state index is -4.77. The number of methoxy groups -OCH3 is 1. The van der Waals surface area contributed by atoms with Gasteiger partial charge in [-0.15, -0.1) is 0 Å². The molecule has 1 aromatic rings. The molecular weight excluding hydrogens is 345 g/mol. The number of benzene rings is 1. The van der Waals surface area contributed by atoms with Gasteiger partial charge in [-0.25, -0.2) is 0 Å². The fourth-order valence-corrected chi connectivity index (χ4v) is 2.61. The third kappa shape index (κ3) is 2.70. The topological polar surface area (TPSA) is 55.8 Å². The summed E-state index contributed by atoms with van der Waals surface area (Å²) in [5, 5.41) is 8.97. The lowest BCUT2D eigenvalue weighted by molar-refractivity contribution is -0.217. The lowest BCUT2D eigenvalue weighted by Gasteiger charge is -2.33. The van der Waals surface area contributed by atoms with E-state index in [1.165, 1.54) is 19.2 Å². The molecule has 1 heterocycles. The highest BCUT2D eigenvalue weighted by molar-refractivity contribution is 9.10. The molecule has 2 unspecified atom stereocenters. The van der Waals surface area contributed by atoms with Crippen LogP contribution >= 0.6 is 15.9 Å². The number of aliphatic carboxylic acids is 1. The molecule has 0 aliphatic carbocycles. The molecule has 1 aromatic carbocycles. The van der Waals surface area contributed by atoms with E-state index in [0.29, 0.717) is 10.0 Å². The van der Waals surface area contributed by atoms with E-state index in [9.17, 15) is 18.0 Å². The summed E-state index contributed by atoms with van der Waals surface area (Å²) in [4.78, 5) is 11.0. The van der Waals surface area contributed by atoms with Crippen molar-refractivity contribution in [2.45, 2.75) is 18.7 Å². The van der Waals surface area contributed by atoms with Gasteiger partial charge in [0.2, 0.25) is 6.10 Å². The Morgan fingerprint density at radius 2 is 2.15 bits per heavy atom. The molecule has 0 saturated heterocycles. The van der Waals surface area contributed by atoms with Gasteiger partial charge in [0.25, 0.3) is 0 Å². The summed E-state index contributed by atoms with van der Waals surface area (Å²) in [7, 11) is 1.30. The van der Waals surface area contributed by atoms with Gasteiger partial charge in [0, 0.05) is 10.0 Å². The molecule has 1 aliphatic heterocycles. The first-order valence-corrected chi connectivity index (χ1v) is 6.36. The summed E-state index contributed by atoms with van der Waals surface area (Å²) in [6.07, 6.45) is -7.42. The van der Waals surface area contributed by atoms with Crippen LogP contribution in [0.25, 0.3) is 0 Å². The number of rotatable bonds is 2. The van der Waals surface area contributed by atoms with Crippen LogP contribution in [0.5, 0.6) is 11.5 Å². The molecule has 0 bridgehead atoms. The molecule has 20 heavy (non-hydrogen) atoms. The minimum Gasteiger partial charge on any atom is -0.493 e. The second kappa shape index (κ2) is 5.16. The number of hydrogen-bond acceptors (Lipinski definition) is 3. The van der Waals surface area contributed by atoms with Crippen molar-refractivity contribution in [3.05, 3.63) is 22.2 Å². The molecule has 0 amide bonds. The summed E-state index contributed by atoms with van der Waals surface area (Å²) in [5.74, 6) is -3.15. The molecule has 1 aliphatic rings. The summed E-state index contributed by atoms with van der Waals surface area (Å²) >= 11 is 3.19. The maximum Gasteiger partial charge on any atom is 0.426 e. The van der Waals surface area contributed by atoms with E-state index in [4.69, 9.17) is 14.6 Å². The van der Waals surface area contributed by atoms with Gasteiger partial charge in [-0.1, -0.05) is 15.9 Å². The first kappa shape index (κ1) is 15.0. The average Bonchev–Trinajstić information content (AvgIpc) is 2.34. The fourth-order valence-electron chi connectivity index (χ4n) is 2.12. The SMILES string of the molecule is COc1cc(Br)cc2c1OC(C(F)(F)F)C(C(=O)O)C2. The van der Waals surface area contributed by atoms with Gasteiger partial charge in [0.15, 0.2) is 11.5 Å². The van der Waals surface area contributed by atoms with E-state index >= 15 is 0 Å². The van der Waals surface area contributed by atoms with Crippen LogP contribution in [0.4, 0.5) is 13.2 Å². The summed E-state index contributed by atoms with van der Waals surface area (Å²) in [6, 6.07) is 2.99. The van der Waals surface area contributed by atoms with Crippen LogP contribution in [0.2, 0.25) is 0 Å². The maximum absolute atomic E-state index is 12.9. The maximum atomic E-state index is 12.9. The van der Waals surface area contributed by atoms with Gasteiger partial charge in [0.05, 0.1) is 7.11 Å². The van der Waals surface area contributed by atoms with Crippen molar-refractivity contribution >= 4 is 21.9 Å². The monoisotopic (exact) mass is 354 g/mol.